The Morgan fingerprint density at radius 3 is 2.33 bits per heavy atom. The van der Waals surface area contributed by atoms with Gasteiger partial charge in [-0.25, -0.2) is 19.8 Å². The molecule has 0 bridgehead atoms. The number of halogens is 3. The lowest BCUT2D eigenvalue weighted by molar-refractivity contribution is -0.138. The van der Waals surface area contributed by atoms with Crippen molar-refractivity contribution in [1.82, 2.24) is 15.2 Å². The molecule has 0 radical (unpaired) electrons. The maximum atomic E-state index is 13.9. The van der Waals surface area contributed by atoms with E-state index in [-0.39, 0.29) is 17.8 Å². The van der Waals surface area contributed by atoms with Gasteiger partial charge < -0.3 is 15.5 Å². The zero-order valence-corrected chi connectivity index (χ0v) is 22.4. The van der Waals surface area contributed by atoms with Crippen molar-refractivity contribution in [3.05, 3.63) is 65.9 Å². The molecule has 0 saturated carbocycles. The van der Waals surface area contributed by atoms with Crippen molar-refractivity contribution >= 4 is 41.6 Å². The SMILES string of the molecule is C=C1N=CN(c2ccc(NC(=O)Nc3ccc(CN4CCN(CC)CC4)c(C(F)(F)F)c3)cc2)NC=NC1=NC. The third kappa shape index (κ3) is 7.45. The van der Waals surface area contributed by atoms with Crippen LogP contribution in [0.3, 0.4) is 0 Å². The lowest BCUT2D eigenvalue weighted by atomic mass is 10.0. The average Bonchev–Trinajstić information content (AvgIpc) is 2.92. The van der Waals surface area contributed by atoms with E-state index in [2.05, 4.69) is 49.4 Å². The lowest BCUT2D eigenvalue weighted by Crippen LogP contribution is -2.45. The molecule has 0 unspecified atom stereocenters. The molecule has 4 rings (SSSR count). The molecule has 0 atom stereocenters. The van der Waals surface area contributed by atoms with Crippen LogP contribution < -0.4 is 21.1 Å². The first kappa shape index (κ1) is 28.8. The van der Waals surface area contributed by atoms with Crippen molar-refractivity contribution in [2.45, 2.75) is 19.6 Å². The Labute approximate surface area is 231 Å². The number of alkyl halides is 3. The number of aliphatic imine (C=N–C) groups is 3. The standard InChI is InChI=1S/C27H32F3N9O/c1-4-37-11-13-38(14-12-37)16-20-5-6-22(15-24(20)27(28,29)30)36-26(40)35-21-7-9-23(10-8-21)39-18-33-19(2)25(31-3)32-17-34-39/h5-10,15,17-18H,2,4,11-14,16H2,1,3H3,(H,31,32,34)(H2,35,36,40). The number of hydrogen-bond acceptors (Lipinski definition) is 7. The van der Waals surface area contributed by atoms with Gasteiger partial charge in [-0.1, -0.05) is 19.6 Å². The van der Waals surface area contributed by atoms with Crippen molar-refractivity contribution in [2.24, 2.45) is 15.0 Å². The molecule has 0 aliphatic carbocycles. The van der Waals surface area contributed by atoms with E-state index in [0.717, 1.165) is 25.7 Å². The second-order valence-electron chi connectivity index (χ2n) is 9.20. The Kier molecular flexibility index (Phi) is 9.17. The predicted octanol–water partition coefficient (Wildman–Crippen LogP) is 4.41. The van der Waals surface area contributed by atoms with E-state index in [1.807, 2.05) is 4.90 Å². The molecular formula is C27H32F3N9O. The van der Waals surface area contributed by atoms with Gasteiger partial charge >= 0.3 is 12.2 Å². The van der Waals surface area contributed by atoms with Crippen LogP contribution in [0.2, 0.25) is 0 Å². The molecule has 2 heterocycles. The van der Waals surface area contributed by atoms with Gasteiger partial charge in [0.2, 0.25) is 0 Å². The highest BCUT2D eigenvalue weighted by atomic mass is 19.4. The summed E-state index contributed by atoms with van der Waals surface area (Å²) in [6.45, 7) is 10.1. The Hall–Kier alpha value is -4.23. The fourth-order valence-electron chi connectivity index (χ4n) is 4.33. The maximum absolute atomic E-state index is 13.9. The van der Waals surface area contributed by atoms with Crippen molar-refractivity contribution in [2.75, 3.05) is 55.4 Å². The summed E-state index contributed by atoms with van der Waals surface area (Å²) in [6, 6.07) is 9.99. The van der Waals surface area contributed by atoms with E-state index in [1.165, 1.54) is 24.8 Å². The molecule has 3 N–H and O–H groups in total. The molecule has 0 aromatic heterocycles. The van der Waals surface area contributed by atoms with Crippen LogP contribution in [0.25, 0.3) is 0 Å². The summed E-state index contributed by atoms with van der Waals surface area (Å²) in [5.74, 6) is 0.399. The Balaban J connectivity index is 1.38. The van der Waals surface area contributed by atoms with Gasteiger partial charge in [-0.15, -0.1) is 0 Å². The number of hydrogen-bond donors (Lipinski definition) is 3. The first-order valence-corrected chi connectivity index (χ1v) is 12.8. The molecule has 0 spiro atoms. The van der Waals surface area contributed by atoms with Gasteiger partial charge in [-0.2, -0.15) is 13.2 Å². The third-order valence-corrected chi connectivity index (χ3v) is 6.57. The summed E-state index contributed by atoms with van der Waals surface area (Å²) in [5.41, 5.74) is 3.96. The van der Waals surface area contributed by atoms with E-state index < -0.39 is 17.8 Å². The molecule has 2 amide bonds. The third-order valence-electron chi connectivity index (χ3n) is 6.57. The predicted molar refractivity (Wildman–Crippen MR) is 153 cm³/mol. The molecular weight excluding hydrogens is 523 g/mol. The zero-order valence-electron chi connectivity index (χ0n) is 22.4. The minimum atomic E-state index is -4.55. The molecule has 13 heteroatoms. The topological polar surface area (TPSA) is 100.0 Å². The molecule has 212 valence electrons. The van der Waals surface area contributed by atoms with Crippen molar-refractivity contribution in [3.63, 3.8) is 0 Å². The number of piperazine rings is 1. The minimum Gasteiger partial charge on any atom is -0.308 e. The van der Waals surface area contributed by atoms with Crippen LogP contribution in [0.15, 0.2) is 69.7 Å². The van der Waals surface area contributed by atoms with Gasteiger partial charge in [-0.05, 0) is 48.5 Å². The number of urea groups is 1. The summed E-state index contributed by atoms with van der Waals surface area (Å²) in [5, 5.41) is 6.73. The fraction of sp³-hybridized carbons (Fsp3) is 0.333. The molecule has 2 aliphatic heterocycles. The smallest absolute Gasteiger partial charge is 0.308 e. The number of amides is 2. The maximum Gasteiger partial charge on any atom is 0.416 e. The monoisotopic (exact) mass is 555 g/mol. The number of rotatable bonds is 6. The number of anilines is 3. The molecule has 1 fully saturated rings. The summed E-state index contributed by atoms with van der Waals surface area (Å²) in [7, 11) is 1.59. The van der Waals surface area contributed by atoms with E-state index in [1.54, 1.807) is 36.3 Å². The number of nitrogens with zero attached hydrogens (tertiary/aromatic N) is 6. The molecule has 2 aliphatic rings. The summed E-state index contributed by atoms with van der Waals surface area (Å²) in [4.78, 5) is 29.2. The van der Waals surface area contributed by atoms with Gasteiger partial charge in [0.1, 0.15) is 18.4 Å². The molecule has 10 nitrogen and oxygen atoms in total. The molecule has 2 aromatic rings. The van der Waals surface area contributed by atoms with Gasteiger partial charge in [0.25, 0.3) is 0 Å². The first-order valence-electron chi connectivity index (χ1n) is 12.8. The van der Waals surface area contributed by atoms with E-state index >= 15 is 0 Å². The number of carbonyl (C=O) groups excluding carboxylic acids is 1. The van der Waals surface area contributed by atoms with E-state index in [4.69, 9.17) is 0 Å². The van der Waals surface area contributed by atoms with Gasteiger partial charge in [0.15, 0.2) is 5.84 Å². The normalized spacial score (nSPS) is 17.9. The van der Waals surface area contributed by atoms with Crippen molar-refractivity contribution in [3.8, 4) is 0 Å². The Morgan fingerprint density at radius 1 is 1.02 bits per heavy atom. The van der Waals surface area contributed by atoms with Crippen molar-refractivity contribution < 1.29 is 18.0 Å². The van der Waals surface area contributed by atoms with Crippen LogP contribution in [-0.2, 0) is 12.7 Å². The fourth-order valence-corrected chi connectivity index (χ4v) is 4.33. The van der Waals surface area contributed by atoms with Gasteiger partial charge in [0, 0.05) is 51.1 Å². The summed E-state index contributed by atoms with van der Waals surface area (Å²) < 4.78 is 41.7. The van der Waals surface area contributed by atoms with Crippen LogP contribution in [0.5, 0.6) is 0 Å². The highest BCUT2D eigenvalue weighted by molar-refractivity contribution is 6.04. The van der Waals surface area contributed by atoms with Crippen LogP contribution in [0.1, 0.15) is 18.1 Å². The minimum absolute atomic E-state index is 0.0524. The largest absolute Gasteiger partial charge is 0.416 e. The van der Waals surface area contributed by atoms with Crippen LogP contribution in [-0.4, -0.2) is 74.1 Å². The summed E-state index contributed by atoms with van der Waals surface area (Å²) in [6.07, 6.45) is -1.58. The van der Waals surface area contributed by atoms with Crippen LogP contribution in [0, 0.1) is 0 Å². The Morgan fingerprint density at radius 2 is 1.68 bits per heavy atom. The van der Waals surface area contributed by atoms with E-state index in [0.29, 0.717) is 36.0 Å². The van der Waals surface area contributed by atoms with Crippen LogP contribution in [0.4, 0.5) is 35.0 Å². The first-order chi connectivity index (χ1) is 19.2. The van der Waals surface area contributed by atoms with E-state index in [9.17, 15) is 18.0 Å². The van der Waals surface area contributed by atoms with Gasteiger partial charge in [-0.3, -0.25) is 15.3 Å². The second-order valence-corrected chi connectivity index (χ2v) is 9.20. The highest BCUT2D eigenvalue weighted by Crippen LogP contribution is 2.34. The summed E-state index contributed by atoms with van der Waals surface area (Å²) >= 11 is 0. The zero-order chi connectivity index (χ0) is 28.7. The molecule has 1 saturated heterocycles. The number of nitrogens with one attached hydrogen (secondary N) is 3. The van der Waals surface area contributed by atoms with Gasteiger partial charge in [0.05, 0.1) is 11.3 Å². The average molecular weight is 556 g/mol. The highest BCUT2D eigenvalue weighted by Gasteiger charge is 2.34. The number of amidine groups is 1. The Bertz CT molecular complexity index is 1300. The van der Waals surface area contributed by atoms with Crippen LogP contribution >= 0.6 is 0 Å². The second kappa shape index (κ2) is 12.7. The number of benzene rings is 2. The van der Waals surface area contributed by atoms with Crippen molar-refractivity contribution in [1.29, 1.82) is 0 Å². The number of likely N-dealkylation sites (N-methyl/N-ethyl adjacent to an activating group) is 1. The lowest BCUT2D eigenvalue weighted by Gasteiger charge is -2.34. The number of hydrazine groups is 1. The number of carbonyl (C=O) groups is 1. The molecule has 2 aromatic carbocycles. The quantitative estimate of drug-likeness (QED) is 0.491. The molecule has 40 heavy (non-hydrogen) atoms.